The molecule has 0 aliphatic rings. The number of carbonyl (C=O) groups is 1. The van der Waals surface area contributed by atoms with Crippen molar-refractivity contribution >= 4 is 5.97 Å². The van der Waals surface area contributed by atoms with Crippen LogP contribution in [0.3, 0.4) is 0 Å². The minimum absolute atomic E-state index is 0.0973. The van der Waals surface area contributed by atoms with Gasteiger partial charge in [0.15, 0.2) is 0 Å². The summed E-state index contributed by atoms with van der Waals surface area (Å²) in [5, 5.41) is 17.1. The summed E-state index contributed by atoms with van der Waals surface area (Å²) in [7, 11) is 0. The molecule has 0 heterocycles. The van der Waals surface area contributed by atoms with Crippen molar-refractivity contribution in [2.45, 2.75) is 39.2 Å². The number of hydrogen-bond donors (Lipinski definition) is 2. The van der Waals surface area contributed by atoms with E-state index in [1.54, 1.807) is 30.3 Å². The minimum Gasteiger partial charge on any atom is -0.478 e. The van der Waals surface area contributed by atoms with Gasteiger partial charge >= 0.3 is 5.97 Å². The van der Waals surface area contributed by atoms with Crippen LogP contribution >= 0.6 is 0 Å². The zero-order valence-electron chi connectivity index (χ0n) is 9.89. The van der Waals surface area contributed by atoms with E-state index in [1.807, 2.05) is 6.92 Å². The van der Waals surface area contributed by atoms with Crippen LogP contribution in [0.2, 0.25) is 0 Å². The van der Waals surface area contributed by atoms with Crippen LogP contribution in [0.15, 0.2) is 30.3 Å². The van der Waals surface area contributed by atoms with E-state index in [4.69, 9.17) is 10.2 Å². The Morgan fingerprint density at radius 2 is 1.88 bits per heavy atom. The normalized spacial score (nSPS) is 11.2. The monoisotopic (exact) mass is 224 g/mol. The summed E-state index contributed by atoms with van der Waals surface area (Å²) in [6.45, 7) is 3.96. The standard InChI is InChI=1S/C7H6O2.C6H14O/c8-7(9)6-4-2-1-3-5-6;1-3-4-5-6(2)7/h1-5H,(H,8,9);6-7H,3-5H2,1-2H3. The van der Waals surface area contributed by atoms with Gasteiger partial charge < -0.3 is 10.2 Å². The number of aliphatic hydroxyl groups is 1. The molecular formula is C13H20O3. The second-order valence-electron chi connectivity index (χ2n) is 3.66. The zero-order valence-corrected chi connectivity index (χ0v) is 9.89. The van der Waals surface area contributed by atoms with Gasteiger partial charge in [0.2, 0.25) is 0 Å². The first-order valence-corrected chi connectivity index (χ1v) is 5.54. The Bertz CT molecular complexity index is 280. The van der Waals surface area contributed by atoms with Gasteiger partial charge in [-0.25, -0.2) is 4.79 Å². The molecule has 0 aliphatic carbocycles. The highest BCUT2D eigenvalue weighted by molar-refractivity contribution is 5.87. The molecule has 0 spiro atoms. The van der Waals surface area contributed by atoms with Gasteiger partial charge in [-0.2, -0.15) is 0 Å². The highest BCUT2D eigenvalue weighted by atomic mass is 16.4. The van der Waals surface area contributed by atoms with Crippen molar-refractivity contribution in [3.8, 4) is 0 Å². The molecule has 0 saturated carbocycles. The summed E-state index contributed by atoms with van der Waals surface area (Å²) in [4.78, 5) is 10.2. The average molecular weight is 224 g/mol. The molecule has 90 valence electrons. The number of aliphatic hydroxyl groups excluding tert-OH is 1. The molecule has 0 bridgehead atoms. The van der Waals surface area contributed by atoms with Gasteiger partial charge in [-0.15, -0.1) is 0 Å². The van der Waals surface area contributed by atoms with Gasteiger partial charge in [0.25, 0.3) is 0 Å². The third-order valence-corrected chi connectivity index (χ3v) is 2.00. The zero-order chi connectivity index (χ0) is 12.4. The molecule has 0 saturated heterocycles. The lowest BCUT2D eigenvalue weighted by molar-refractivity contribution is 0.0697. The number of rotatable bonds is 4. The molecule has 16 heavy (non-hydrogen) atoms. The summed E-state index contributed by atoms with van der Waals surface area (Å²) in [6.07, 6.45) is 3.19. The lowest BCUT2D eigenvalue weighted by Crippen LogP contribution is -1.97. The van der Waals surface area contributed by atoms with Crippen molar-refractivity contribution in [1.29, 1.82) is 0 Å². The number of carboxylic acid groups (broad SMARTS) is 1. The maximum Gasteiger partial charge on any atom is 0.335 e. The number of hydrogen-bond acceptors (Lipinski definition) is 2. The lowest BCUT2D eigenvalue weighted by atomic mass is 10.2. The van der Waals surface area contributed by atoms with Crippen LogP contribution < -0.4 is 0 Å². The minimum atomic E-state index is -0.879. The van der Waals surface area contributed by atoms with Crippen LogP contribution in [-0.4, -0.2) is 22.3 Å². The predicted octanol–water partition coefficient (Wildman–Crippen LogP) is 2.94. The highest BCUT2D eigenvalue weighted by Gasteiger charge is 1.96. The SMILES string of the molecule is CCCCC(C)O.O=C(O)c1ccccc1. The first-order chi connectivity index (χ1) is 7.57. The molecule has 0 amide bonds. The van der Waals surface area contributed by atoms with Crippen molar-refractivity contribution in [1.82, 2.24) is 0 Å². The second-order valence-corrected chi connectivity index (χ2v) is 3.66. The van der Waals surface area contributed by atoms with E-state index in [0.29, 0.717) is 5.56 Å². The first-order valence-electron chi connectivity index (χ1n) is 5.54. The first kappa shape index (κ1) is 14.6. The number of benzene rings is 1. The fraction of sp³-hybridized carbons (Fsp3) is 0.462. The molecule has 1 unspecified atom stereocenters. The Kier molecular flexibility index (Phi) is 8.17. The van der Waals surface area contributed by atoms with Crippen LogP contribution in [0.1, 0.15) is 43.5 Å². The molecule has 1 aromatic rings. The average Bonchev–Trinajstić information content (AvgIpc) is 2.28. The maximum atomic E-state index is 10.2. The van der Waals surface area contributed by atoms with Crippen LogP contribution in [0, 0.1) is 0 Å². The van der Waals surface area contributed by atoms with Gasteiger partial charge in [-0.05, 0) is 25.5 Å². The van der Waals surface area contributed by atoms with E-state index in [1.165, 1.54) is 6.42 Å². The smallest absolute Gasteiger partial charge is 0.335 e. The lowest BCUT2D eigenvalue weighted by Gasteiger charge is -1.98. The third kappa shape index (κ3) is 8.00. The Morgan fingerprint density at radius 1 is 1.31 bits per heavy atom. The molecule has 2 N–H and O–H groups in total. The summed E-state index contributed by atoms with van der Waals surface area (Å²) in [5.74, 6) is -0.879. The quantitative estimate of drug-likeness (QED) is 0.826. The maximum absolute atomic E-state index is 10.2. The number of carboxylic acids is 1. The topological polar surface area (TPSA) is 57.5 Å². The molecule has 0 radical (unpaired) electrons. The molecule has 3 nitrogen and oxygen atoms in total. The van der Waals surface area contributed by atoms with Crippen molar-refractivity contribution in [2.24, 2.45) is 0 Å². The molecule has 0 aromatic heterocycles. The van der Waals surface area contributed by atoms with Gasteiger partial charge in [-0.1, -0.05) is 38.0 Å². The van der Waals surface area contributed by atoms with Crippen molar-refractivity contribution < 1.29 is 15.0 Å². The van der Waals surface area contributed by atoms with E-state index >= 15 is 0 Å². The summed E-state index contributed by atoms with van der Waals surface area (Å²) in [6, 6.07) is 8.30. The van der Waals surface area contributed by atoms with Crippen molar-refractivity contribution in [3.63, 3.8) is 0 Å². The van der Waals surface area contributed by atoms with Crippen LogP contribution in [0.5, 0.6) is 0 Å². The Morgan fingerprint density at radius 3 is 2.12 bits per heavy atom. The van der Waals surface area contributed by atoms with Crippen molar-refractivity contribution in [3.05, 3.63) is 35.9 Å². The van der Waals surface area contributed by atoms with Crippen LogP contribution in [0.25, 0.3) is 0 Å². The summed E-state index contributed by atoms with van der Waals surface area (Å²) >= 11 is 0. The fourth-order valence-corrected chi connectivity index (χ4v) is 1.08. The molecule has 3 heteroatoms. The Labute approximate surface area is 96.7 Å². The summed E-state index contributed by atoms with van der Waals surface area (Å²) < 4.78 is 0. The van der Waals surface area contributed by atoms with Gasteiger partial charge in [-0.3, -0.25) is 0 Å². The van der Waals surface area contributed by atoms with Gasteiger partial charge in [0, 0.05) is 0 Å². The largest absolute Gasteiger partial charge is 0.478 e. The molecular weight excluding hydrogens is 204 g/mol. The molecule has 1 atom stereocenters. The fourth-order valence-electron chi connectivity index (χ4n) is 1.08. The molecule has 1 aromatic carbocycles. The van der Waals surface area contributed by atoms with E-state index in [2.05, 4.69) is 6.92 Å². The number of aromatic carboxylic acids is 1. The van der Waals surface area contributed by atoms with E-state index in [0.717, 1.165) is 12.8 Å². The molecule has 0 aliphatic heterocycles. The van der Waals surface area contributed by atoms with Crippen LogP contribution in [-0.2, 0) is 0 Å². The van der Waals surface area contributed by atoms with Gasteiger partial charge in [0.1, 0.15) is 0 Å². The second kappa shape index (κ2) is 8.92. The molecule has 0 fully saturated rings. The predicted molar refractivity (Wildman–Crippen MR) is 64.6 cm³/mol. The highest BCUT2D eigenvalue weighted by Crippen LogP contribution is 1.97. The van der Waals surface area contributed by atoms with E-state index in [-0.39, 0.29) is 6.10 Å². The Hall–Kier alpha value is -1.35. The number of unbranched alkanes of at least 4 members (excludes halogenated alkanes) is 1. The van der Waals surface area contributed by atoms with Gasteiger partial charge in [0.05, 0.1) is 11.7 Å². The summed E-state index contributed by atoms with van der Waals surface area (Å²) in [5.41, 5.74) is 0.331. The third-order valence-electron chi connectivity index (χ3n) is 2.00. The Balaban J connectivity index is 0.000000293. The van der Waals surface area contributed by atoms with Crippen LogP contribution in [0.4, 0.5) is 0 Å². The molecule has 1 rings (SSSR count). The van der Waals surface area contributed by atoms with Crippen molar-refractivity contribution in [2.75, 3.05) is 0 Å². The van der Waals surface area contributed by atoms with E-state index in [9.17, 15) is 4.79 Å². The van der Waals surface area contributed by atoms with E-state index < -0.39 is 5.97 Å².